The Morgan fingerprint density at radius 1 is 1.07 bits per heavy atom. The molecule has 6 nitrogen and oxygen atoms in total. The molecule has 0 N–H and O–H groups in total. The number of ether oxygens (including phenoxy) is 3. The van der Waals surface area contributed by atoms with Gasteiger partial charge in [0.05, 0.1) is 25.8 Å². The van der Waals surface area contributed by atoms with E-state index in [-0.39, 0.29) is 12.7 Å². The lowest BCUT2D eigenvalue weighted by Crippen LogP contribution is -2.18. The third-order valence-electron chi connectivity index (χ3n) is 4.05. The van der Waals surface area contributed by atoms with Gasteiger partial charge in [-0.2, -0.15) is 4.73 Å². The summed E-state index contributed by atoms with van der Waals surface area (Å²) in [7, 11) is 2.96. The molecule has 27 heavy (non-hydrogen) atoms. The summed E-state index contributed by atoms with van der Waals surface area (Å²) in [6, 6.07) is 14.9. The van der Waals surface area contributed by atoms with Crippen molar-refractivity contribution >= 4 is 16.9 Å². The molecule has 2 aromatic carbocycles. The van der Waals surface area contributed by atoms with E-state index in [0.717, 1.165) is 16.5 Å². The molecule has 1 heterocycles. The zero-order valence-electron chi connectivity index (χ0n) is 15.9. The summed E-state index contributed by atoms with van der Waals surface area (Å²) in [5.74, 6) is 0.927. The van der Waals surface area contributed by atoms with E-state index in [9.17, 15) is 4.79 Å². The normalized spacial score (nSPS) is 10.9. The average molecular weight is 369 g/mol. The Hall–Kier alpha value is -3.15. The maximum atomic E-state index is 12.1. The second-order valence-electron chi connectivity index (χ2n) is 6.29. The van der Waals surface area contributed by atoms with Crippen LogP contribution in [0.5, 0.6) is 11.5 Å². The van der Waals surface area contributed by atoms with Gasteiger partial charge in [0.15, 0.2) is 5.69 Å². The Balaban J connectivity index is 1.94. The van der Waals surface area contributed by atoms with E-state index in [1.807, 2.05) is 56.3 Å². The van der Waals surface area contributed by atoms with Gasteiger partial charge in [0.1, 0.15) is 18.1 Å². The number of fused-ring (bicyclic) bond motifs is 1. The van der Waals surface area contributed by atoms with E-state index in [2.05, 4.69) is 0 Å². The van der Waals surface area contributed by atoms with Crippen molar-refractivity contribution in [1.82, 2.24) is 4.73 Å². The van der Waals surface area contributed by atoms with Crippen LogP contribution in [0.1, 0.15) is 29.9 Å². The molecule has 0 fully saturated rings. The van der Waals surface area contributed by atoms with Crippen LogP contribution >= 0.6 is 0 Å². The summed E-state index contributed by atoms with van der Waals surface area (Å²) in [4.78, 5) is 18.1. The highest BCUT2D eigenvalue weighted by Crippen LogP contribution is 2.27. The highest BCUT2D eigenvalue weighted by Gasteiger charge is 2.18. The molecule has 0 amide bonds. The number of nitrogens with zero attached hydrogens (tertiary/aromatic N) is 1. The number of hydrogen-bond donors (Lipinski definition) is 0. The molecular weight excluding hydrogens is 346 g/mol. The average Bonchev–Trinajstić information content (AvgIpc) is 3.04. The number of carbonyl (C=O) groups excluding carboxylic acids is 1. The van der Waals surface area contributed by atoms with Crippen LogP contribution in [0.15, 0.2) is 48.5 Å². The van der Waals surface area contributed by atoms with Crippen molar-refractivity contribution in [2.75, 3.05) is 14.2 Å². The molecule has 0 bridgehead atoms. The van der Waals surface area contributed by atoms with Crippen molar-refractivity contribution in [2.24, 2.45) is 0 Å². The van der Waals surface area contributed by atoms with Gasteiger partial charge < -0.3 is 19.0 Å². The van der Waals surface area contributed by atoms with Crippen LogP contribution in [0.3, 0.4) is 0 Å². The SMILES string of the molecule is COC(=O)c1cc2ccccc2n1OCc1ccc(OC)cc1OC(C)C. The first kappa shape index (κ1) is 18.6. The van der Waals surface area contributed by atoms with Gasteiger partial charge in [0.2, 0.25) is 0 Å². The van der Waals surface area contributed by atoms with E-state index in [0.29, 0.717) is 17.2 Å². The lowest BCUT2D eigenvalue weighted by Gasteiger charge is -2.17. The van der Waals surface area contributed by atoms with Gasteiger partial charge in [-0.05, 0) is 38.1 Å². The van der Waals surface area contributed by atoms with Gasteiger partial charge >= 0.3 is 5.97 Å². The predicted octanol–water partition coefficient (Wildman–Crippen LogP) is 3.85. The number of hydrogen-bond acceptors (Lipinski definition) is 5. The van der Waals surface area contributed by atoms with E-state index < -0.39 is 5.97 Å². The van der Waals surface area contributed by atoms with Crippen LogP contribution in [0.25, 0.3) is 10.9 Å². The Bertz CT molecular complexity index is 945. The van der Waals surface area contributed by atoms with Crippen LogP contribution in [0.2, 0.25) is 0 Å². The molecule has 0 aliphatic heterocycles. The Morgan fingerprint density at radius 2 is 1.85 bits per heavy atom. The van der Waals surface area contributed by atoms with Gasteiger partial charge in [0, 0.05) is 17.0 Å². The summed E-state index contributed by atoms with van der Waals surface area (Å²) in [5.41, 5.74) is 1.97. The minimum atomic E-state index is -0.459. The minimum Gasteiger partial charge on any atom is -0.497 e. The number of para-hydroxylation sites is 1. The molecule has 6 heteroatoms. The highest BCUT2D eigenvalue weighted by atomic mass is 16.7. The quantitative estimate of drug-likeness (QED) is 0.592. The predicted molar refractivity (Wildman–Crippen MR) is 102 cm³/mol. The van der Waals surface area contributed by atoms with Crippen molar-refractivity contribution in [3.63, 3.8) is 0 Å². The lowest BCUT2D eigenvalue weighted by atomic mass is 10.2. The Labute approximate surface area is 158 Å². The molecule has 0 aliphatic carbocycles. The monoisotopic (exact) mass is 369 g/mol. The van der Waals surface area contributed by atoms with Crippen LogP contribution in [-0.4, -0.2) is 31.0 Å². The fraction of sp³-hybridized carbons (Fsp3) is 0.286. The largest absolute Gasteiger partial charge is 0.497 e. The third-order valence-corrected chi connectivity index (χ3v) is 4.05. The van der Waals surface area contributed by atoms with E-state index in [1.54, 1.807) is 13.2 Å². The summed E-state index contributed by atoms with van der Waals surface area (Å²) < 4.78 is 17.5. The van der Waals surface area contributed by atoms with Crippen molar-refractivity contribution < 1.29 is 23.8 Å². The lowest BCUT2D eigenvalue weighted by molar-refractivity contribution is 0.0501. The van der Waals surface area contributed by atoms with Gasteiger partial charge in [-0.15, -0.1) is 0 Å². The fourth-order valence-corrected chi connectivity index (χ4v) is 2.79. The van der Waals surface area contributed by atoms with Crippen molar-refractivity contribution in [3.05, 3.63) is 59.8 Å². The molecule has 0 aliphatic rings. The summed E-state index contributed by atoms with van der Waals surface area (Å²) >= 11 is 0. The van der Waals surface area contributed by atoms with Gasteiger partial charge in [-0.3, -0.25) is 0 Å². The first-order valence-corrected chi connectivity index (χ1v) is 8.69. The summed E-state index contributed by atoms with van der Waals surface area (Å²) in [5, 5.41) is 0.895. The standard InChI is InChI=1S/C21H23NO5/c1-14(2)27-20-12-17(24-3)10-9-16(20)13-26-22-18-8-6-5-7-15(18)11-19(22)21(23)25-4/h5-12,14H,13H2,1-4H3. The first-order chi connectivity index (χ1) is 13.0. The van der Waals surface area contributed by atoms with Crippen LogP contribution in [0, 0.1) is 0 Å². The van der Waals surface area contributed by atoms with Crippen LogP contribution < -0.4 is 14.3 Å². The molecule has 3 rings (SSSR count). The maximum Gasteiger partial charge on any atom is 0.358 e. The summed E-state index contributed by atoms with van der Waals surface area (Å²) in [6.45, 7) is 4.13. The number of benzene rings is 2. The molecule has 1 aromatic heterocycles. The Morgan fingerprint density at radius 3 is 2.56 bits per heavy atom. The second kappa shape index (κ2) is 8.03. The van der Waals surface area contributed by atoms with Gasteiger partial charge in [0.25, 0.3) is 0 Å². The summed E-state index contributed by atoms with van der Waals surface area (Å²) in [6.07, 6.45) is 0.00824. The third kappa shape index (κ3) is 4.00. The molecule has 142 valence electrons. The van der Waals surface area contributed by atoms with Crippen molar-refractivity contribution in [2.45, 2.75) is 26.6 Å². The van der Waals surface area contributed by atoms with E-state index in [4.69, 9.17) is 19.0 Å². The smallest absolute Gasteiger partial charge is 0.358 e. The number of carbonyl (C=O) groups is 1. The van der Waals surface area contributed by atoms with E-state index >= 15 is 0 Å². The first-order valence-electron chi connectivity index (χ1n) is 8.69. The molecular formula is C21H23NO5. The molecule has 3 aromatic rings. The fourth-order valence-electron chi connectivity index (χ4n) is 2.79. The van der Waals surface area contributed by atoms with Crippen LogP contribution in [-0.2, 0) is 11.3 Å². The molecule has 0 atom stereocenters. The number of aromatic nitrogens is 1. The molecule has 0 saturated heterocycles. The topological polar surface area (TPSA) is 58.9 Å². The van der Waals surface area contributed by atoms with Gasteiger partial charge in [-0.1, -0.05) is 18.2 Å². The number of methoxy groups -OCH3 is 2. The number of esters is 1. The molecule has 0 radical (unpaired) electrons. The van der Waals surface area contributed by atoms with E-state index in [1.165, 1.54) is 11.8 Å². The van der Waals surface area contributed by atoms with Gasteiger partial charge in [-0.25, -0.2) is 4.79 Å². The van der Waals surface area contributed by atoms with Crippen LogP contribution in [0.4, 0.5) is 0 Å². The van der Waals surface area contributed by atoms with Crippen molar-refractivity contribution in [3.8, 4) is 11.5 Å². The zero-order valence-corrected chi connectivity index (χ0v) is 15.9. The Kier molecular flexibility index (Phi) is 5.54. The van der Waals surface area contributed by atoms with Crippen molar-refractivity contribution in [1.29, 1.82) is 0 Å². The minimum absolute atomic E-state index is 0.00824. The number of rotatable bonds is 7. The zero-order chi connectivity index (χ0) is 19.4. The molecule has 0 unspecified atom stereocenters. The molecule has 0 saturated carbocycles. The second-order valence-corrected chi connectivity index (χ2v) is 6.29. The molecule has 0 spiro atoms. The highest BCUT2D eigenvalue weighted by molar-refractivity contribution is 5.95. The maximum absolute atomic E-state index is 12.1.